The number of rotatable bonds is 1. The third-order valence-electron chi connectivity index (χ3n) is 1.29. The zero-order valence-electron chi connectivity index (χ0n) is 5.60. The summed E-state index contributed by atoms with van der Waals surface area (Å²) in [5.74, 6) is 2.78. The molecular weight excluding hydrogens is 164 g/mol. The molecule has 0 N–H and O–H groups in total. The van der Waals surface area contributed by atoms with Crippen molar-refractivity contribution >= 4 is 22.9 Å². The molecule has 1 aromatic rings. The maximum Gasteiger partial charge on any atom is 0.0557 e. The Hall–Kier alpha value is -0.450. The van der Waals surface area contributed by atoms with E-state index in [0.29, 0.717) is 0 Å². The molecule has 0 aliphatic rings. The van der Waals surface area contributed by atoms with Gasteiger partial charge in [-0.25, -0.2) is 0 Å². The second kappa shape index (κ2) is 3.09. The van der Waals surface area contributed by atoms with Crippen molar-refractivity contribution in [1.29, 1.82) is 0 Å². The average molecular weight is 171 g/mol. The molecule has 0 nitrogen and oxygen atoms in total. The monoisotopic (exact) mass is 170 g/mol. The predicted molar refractivity (Wildman–Crippen MR) is 46.6 cm³/mol. The Morgan fingerprint density at radius 1 is 1.80 bits per heavy atom. The fourth-order valence-corrected chi connectivity index (χ4v) is 1.93. The first-order valence-electron chi connectivity index (χ1n) is 2.94. The van der Waals surface area contributed by atoms with Crippen LogP contribution in [0.3, 0.4) is 0 Å². The predicted octanol–water partition coefficient (Wildman–Crippen LogP) is 3.14. The maximum absolute atomic E-state index is 5.83. The Morgan fingerprint density at radius 3 is 2.90 bits per heavy atom. The second-order valence-corrected chi connectivity index (χ2v) is 3.38. The van der Waals surface area contributed by atoms with Crippen molar-refractivity contribution in [3.05, 3.63) is 21.3 Å². The lowest BCUT2D eigenvalue weighted by Crippen LogP contribution is -1.83. The molecule has 10 heavy (non-hydrogen) atoms. The van der Waals surface area contributed by atoms with Gasteiger partial charge in [-0.15, -0.1) is 17.8 Å². The molecule has 0 aliphatic heterocycles. The first-order valence-corrected chi connectivity index (χ1v) is 4.20. The smallest absolute Gasteiger partial charge is 0.0557 e. The van der Waals surface area contributed by atoms with Crippen LogP contribution >= 0.6 is 22.9 Å². The Morgan fingerprint density at radius 2 is 2.50 bits per heavy atom. The van der Waals surface area contributed by atoms with Crippen LogP contribution in [-0.4, -0.2) is 0 Å². The molecule has 1 atom stereocenters. The van der Waals surface area contributed by atoms with Gasteiger partial charge in [-0.3, -0.25) is 0 Å². The molecule has 52 valence electrons. The number of hydrogen-bond donors (Lipinski definition) is 0. The van der Waals surface area contributed by atoms with Gasteiger partial charge in [0.1, 0.15) is 0 Å². The highest BCUT2D eigenvalue weighted by molar-refractivity contribution is 7.10. The molecule has 0 amide bonds. The molecule has 2 heteroatoms. The third-order valence-corrected chi connectivity index (χ3v) is 2.83. The van der Waals surface area contributed by atoms with Gasteiger partial charge < -0.3 is 0 Å². The highest BCUT2D eigenvalue weighted by atomic mass is 35.5. The first kappa shape index (κ1) is 7.65. The fourth-order valence-electron chi connectivity index (χ4n) is 0.690. The second-order valence-electron chi connectivity index (χ2n) is 2.02. The van der Waals surface area contributed by atoms with Crippen molar-refractivity contribution in [2.24, 2.45) is 0 Å². The lowest BCUT2D eigenvalue weighted by Gasteiger charge is -1.98. The summed E-state index contributed by atoms with van der Waals surface area (Å²) in [6.45, 7) is 1.97. The molecule has 0 saturated carbocycles. The molecule has 0 spiro atoms. The minimum atomic E-state index is 0.146. The quantitative estimate of drug-likeness (QED) is 0.568. The van der Waals surface area contributed by atoms with Crippen LogP contribution in [-0.2, 0) is 0 Å². The van der Waals surface area contributed by atoms with Crippen molar-refractivity contribution in [2.75, 3.05) is 0 Å². The van der Waals surface area contributed by atoms with E-state index >= 15 is 0 Å². The Labute approximate surface area is 69.8 Å². The third kappa shape index (κ3) is 1.34. The minimum absolute atomic E-state index is 0.146. The van der Waals surface area contributed by atoms with Gasteiger partial charge in [-0.05, 0) is 18.4 Å². The standard InChI is InChI=1S/C8H7ClS/c1-3-6(2)8-7(9)4-5-10-8/h1,4-6H,2H3. The topological polar surface area (TPSA) is 0 Å². The van der Waals surface area contributed by atoms with E-state index in [2.05, 4.69) is 5.92 Å². The Bertz CT molecular complexity index is 256. The van der Waals surface area contributed by atoms with Crippen LogP contribution in [0.4, 0.5) is 0 Å². The summed E-state index contributed by atoms with van der Waals surface area (Å²) < 4.78 is 0. The summed E-state index contributed by atoms with van der Waals surface area (Å²) in [6.07, 6.45) is 5.23. The van der Waals surface area contributed by atoms with Gasteiger partial charge in [0.25, 0.3) is 0 Å². The first-order chi connectivity index (χ1) is 4.75. The lowest BCUT2D eigenvalue weighted by atomic mass is 10.1. The Kier molecular flexibility index (Phi) is 2.37. The highest BCUT2D eigenvalue weighted by Crippen LogP contribution is 2.28. The molecule has 0 aromatic carbocycles. The van der Waals surface area contributed by atoms with Gasteiger partial charge in [0.2, 0.25) is 0 Å². The number of terminal acetylenes is 1. The molecule has 0 saturated heterocycles. The summed E-state index contributed by atoms with van der Waals surface area (Å²) in [4.78, 5) is 1.09. The van der Waals surface area contributed by atoms with Gasteiger partial charge in [-0.2, -0.15) is 0 Å². The number of hydrogen-bond acceptors (Lipinski definition) is 1. The molecular formula is C8H7ClS. The van der Waals surface area contributed by atoms with Crippen LogP contribution < -0.4 is 0 Å². The van der Waals surface area contributed by atoms with Gasteiger partial charge in [0.05, 0.1) is 10.9 Å². The normalized spacial score (nSPS) is 12.5. The van der Waals surface area contributed by atoms with Crippen LogP contribution in [0.2, 0.25) is 5.02 Å². The summed E-state index contributed by atoms with van der Waals surface area (Å²) in [5, 5.41) is 2.74. The SMILES string of the molecule is C#CC(C)c1sccc1Cl. The van der Waals surface area contributed by atoms with E-state index in [1.807, 2.05) is 18.4 Å². The van der Waals surface area contributed by atoms with Gasteiger partial charge in [-0.1, -0.05) is 17.5 Å². The lowest BCUT2D eigenvalue weighted by molar-refractivity contribution is 1.04. The zero-order valence-corrected chi connectivity index (χ0v) is 7.17. The van der Waals surface area contributed by atoms with E-state index in [1.165, 1.54) is 0 Å². The van der Waals surface area contributed by atoms with Crippen molar-refractivity contribution < 1.29 is 0 Å². The van der Waals surface area contributed by atoms with Crippen LogP contribution in [0.1, 0.15) is 17.7 Å². The van der Waals surface area contributed by atoms with Crippen molar-refractivity contribution in [3.8, 4) is 12.3 Å². The van der Waals surface area contributed by atoms with Gasteiger partial charge >= 0.3 is 0 Å². The van der Waals surface area contributed by atoms with Gasteiger partial charge in [0.15, 0.2) is 0 Å². The summed E-state index contributed by atoms with van der Waals surface area (Å²) >= 11 is 7.44. The average Bonchev–Trinajstić information content (AvgIpc) is 2.34. The molecule has 0 aliphatic carbocycles. The van der Waals surface area contributed by atoms with Crippen LogP contribution in [0.5, 0.6) is 0 Å². The van der Waals surface area contributed by atoms with Crippen molar-refractivity contribution in [2.45, 2.75) is 12.8 Å². The van der Waals surface area contributed by atoms with Crippen molar-refractivity contribution in [1.82, 2.24) is 0 Å². The zero-order chi connectivity index (χ0) is 7.56. The largest absolute Gasteiger partial charge is 0.146 e. The molecule has 0 fully saturated rings. The van der Waals surface area contributed by atoms with Crippen LogP contribution in [0.25, 0.3) is 0 Å². The number of thiophene rings is 1. The molecule has 0 radical (unpaired) electrons. The summed E-state index contributed by atoms with van der Waals surface area (Å²) in [5.41, 5.74) is 0. The summed E-state index contributed by atoms with van der Waals surface area (Å²) in [7, 11) is 0. The van der Waals surface area contributed by atoms with Crippen molar-refractivity contribution in [3.63, 3.8) is 0 Å². The van der Waals surface area contributed by atoms with E-state index in [9.17, 15) is 0 Å². The Balaban J connectivity index is 2.96. The molecule has 1 aromatic heterocycles. The minimum Gasteiger partial charge on any atom is -0.146 e. The van der Waals surface area contributed by atoms with E-state index in [-0.39, 0.29) is 5.92 Å². The molecule has 1 rings (SSSR count). The van der Waals surface area contributed by atoms with E-state index in [0.717, 1.165) is 9.90 Å². The van der Waals surface area contributed by atoms with Crippen LogP contribution in [0, 0.1) is 12.3 Å². The number of halogens is 1. The molecule has 1 heterocycles. The fraction of sp³-hybridized carbons (Fsp3) is 0.250. The summed E-state index contributed by atoms with van der Waals surface area (Å²) in [6, 6.07) is 1.87. The van der Waals surface area contributed by atoms with E-state index < -0.39 is 0 Å². The highest BCUT2D eigenvalue weighted by Gasteiger charge is 2.06. The van der Waals surface area contributed by atoms with Gasteiger partial charge in [0, 0.05) is 4.88 Å². The maximum atomic E-state index is 5.83. The van der Waals surface area contributed by atoms with E-state index in [1.54, 1.807) is 11.3 Å². The van der Waals surface area contributed by atoms with E-state index in [4.69, 9.17) is 18.0 Å². The molecule has 1 unspecified atom stereocenters. The van der Waals surface area contributed by atoms with Crippen LogP contribution in [0.15, 0.2) is 11.4 Å². The molecule has 0 bridgehead atoms.